The van der Waals surface area contributed by atoms with Gasteiger partial charge in [-0.1, -0.05) is 27.5 Å². The van der Waals surface area contributed by atoms with E-state index >= 15 is 0 Å². The molecule has 1 aliphatic heterocycles. The molecule has 0 spiro atoms. The number of benzene rings is 2. The van der Waals surface area contributed by atoms with Crippen molar-refractivity contribution in [3.05, 3.63) is 52.0 Å². The molecule has 3 rings (SSSR count). The summed E-state index contributed by atoms with van der Waals surface area (Å²) in [6, 6.07) is 11.5. The first kappa shape index (κ1) is 16.8. The van der Waals surface area contributed by atoms with E-state index in [2.05, 4.69) is 21.2 Å². The molecule has 1 aliphatic rings. The van der Waals surface area contributed by atoms with Gasteiger partial charge in [-0.05, 0) is 42.5 Å². The molecule has 1 fully saturated rings. The summed E-state index contributed by atoms with van der Waals surface area (Å²) in [5.74, 6) is 0.0289. The number of anilines is 2. The highest BCUT2D eigenvalue weighted by Gasteiger charge is 2.39. The summed E-state index contributed by atoms with van der Waals surface area (Å²) in [4.78, 5) is 26.0. The first-order valence-corrected chi connectivity index (χ1v) is 8.39. The Balaban J connectivity index is 1.79. The van der Waals surface area contributed by atoms with Crippen molar-refractivity contribution in [2.45, 2.75) is 12.5 Å². The molecule has 0 aliphatic carbocycles. The van der Waals surface area contributed by atoms with Crippen LogP contribution in [0, 0.1) is 0 Å². The third kappa shape index (κ3) is 3.25. The fourth-order valence-electron chi connectivity index (χ4n) is 2.56. The highest BCUT2D eigenvalue weighted by molar-refractivity contribution is 9.10. The van der Waals surface area contributed by atoms with Gasteiger partial charge in [-0.15, -0.1) is 0 Å². The minimum atomic E-state index is -0.620. The number of methoxy groups -OCH3 is 1. The number of halogens is 2. The smallest absolute Gasteiger partial charge is 0.256 e. The van der Waals surface area contributed by atoms with Gasteiger partial charge in [0.15, 0.2) is 0 Å². The highest BCUT2D eigenvalue weighted by Crippen LogP contribution is 2.30. The highest BCUT2D eigenvalue weighted by atomic mass is 79.9. The lowest BCUT2D eigenvalue weighted by molar-refractivity contribution is -0.121. The van der Waals surface area contributed by atoms with Crippen LogP contribution in [0.25, 0.3) is 0 Å². The average molecular weight is 410 g/mol. The maximum Gasteiger partial charge on any atom is 0.256 e. The average Bonchev–Trinajstić information content (AvgIpc) is 2.83. The van der Waals surface area contributed by atoms with Crippen molar-refractivity contribution < 1.29 is 14.3 Å². The Kier molecular flexibility index (Phi) is 4.78. The molecular weight excluding hydrogens is 396 g/mol. The van der Waals surface area contributed by atoms with E-state index < -0.39 is 6.04 Å². The van der Waals surface area contributed by atoms with Gasteiger partial charge in [0.1, 0.15) is 11.8 Å². The van der Waals surface area contributed by atoms with Crippen LogP contribution in [0.5, 0.6) is 5.75 Å². The van der Waals surface area contributed by atoms with Crippen LogP contribution >= 0.6 is 27.5 Å². The van der Waals surface area contributed by atoms with Crippen molar-refractivity contribution in [3.8, 4) is 5.75 Å². The van der Waals surface area contributed by atoms with Gasteiger partial charge >= 0.3 is 0 Å². The number of hydrogen-bond donors (Lipinski definition) is 1. The summed E-state index contributed by atoms with van der Waals surface area (Å²) in [7, 11) is 1.53. The van der Waals surface area contributed by atoms with Gasteiger partial charge in [0.05, 0.1) is 24.2 Å². The molecular formula is C17H14BrClN2O3. The summed E-state index contributed by atoms with van der Waals surface area (Å²) in [6.45, 7) is 0. The van der Waals surface area contributed by atoms with Crippen LogP contribution in [-0.4, -0.2) is 25.0 Å². The molecule has 0 saturated carbocycles. The van der Waals surface area contributed by atoms with Crippen LogP contribution in [-0.2, 0) is 9.59 Å². The summed E-state index contributed by atoms with van der Waals surface area (Å²) >= 11 is 9.42. The predicted octanol–water partition coefficient (Wildman–Crippen LogP) is 3.86. The van der Waals surface area contributed by atoms with Gasteiger partial charge in [0.25, 0.3) is 5.91 Å². The quantitative estimate of drug-likeness (QED) is 0.779. The fraction of sp³-hybridized carbons (Fsp3) is 0.176. The van der Waals surface area contributed by atoms with Crippen LogP contribution in [0.2, 0.25) is 5.02 Å². The lowest BCUT2D eigenvalue weighted by Crippen LogP contribution is -2.34. The number of rotatable bonds is 4. The van der Waals surface area contributed by atoms with Gasteiger partial charge in [0, 0.05) is 10.2 Å². The standard InChI is InChI=1S/C17H14BrClN2O3/c1-24-15-7-4-11(8-13(15)19)20-14-9-16(22)21(17(14)23)12-5-2-10(18)3-6-12/h2-8,14,20H,9H2,1H3/t14-/m0/s1. The second-order valence-corrected chi connectivity index (χ2v) is 6.62. The van der Waals surface area contributed by atoms with Crippen LogP contribution in [0.3, 0.4) is 0 Å². The third-order valence-electron chi connectivity index (χ3n) is 3.72. The van der Waals surface area contributed by atoms with E-state index in [9.17, 15) is 9.59 Å². The molecule has 5 nitrogen and oxygen atoms in total. The zero-order valence-corrected chi connectivity index (χ0v) is 15.1. The zero-order chi connectivity index (χ0) is 17.3. The van der Waals surface area contributed by atoms with Crippen molar-refractivity contribution in [2.24, 2.45) is 0 Å². The Bertz CT molecular complexity index is 795. The third-order valence-corrected chi connectivity index (χ3v) is 4.55. The summed E-state index contributed by atoms with van der Waals surface area (Å²) < 4.78 is 5.98. The normalized spacial score (nSPS) is 17.3. The number of ether oxygens (including phenoxy) is 1. The second-order valence-electron chi connectivity index (χ2n) is 5.29. The van der Waals surface area contributed by atoms with Crippen LogP contribution in [0.15, 0.2) is 46.9 Å². The lowest BCUT2D eigenvalue weighted by Gasteiger charge is -2.16. The van der Waals surface area contributed by atoms with Gasteiger partial charge in [-0.3, -0.25) is 9.59 Å². The molecule has 2 aromatic carbocycles. The molecule has 2 amide bonds. The maximum absolute atomic E-state index is 12.6. The fourth-order valence-corrected chi connectivity index (χ4v) is 3.09. The van der Waals surface area contributed by atoms with Gasteiger partial charge in [0.2, 0.25) is 5.91 Å². The molecule has 24 heavy (non-hydrogen) atoms. The van der Waals surface area contributed by atoms with E-state index in [1.807, 2.05) is 0 Å². The van der Waals surface area contributed by atoms with E-state index in [1.165, 1.54) is 12.0 Å². The summed E-state index contributed by atoms with van der Waals surface area (Å²) in [6.07, 6.45) is 0.0958. The Labute approximate surface area is 152 Å². The van der Waals surface area contributed by atoms with Gasteiger partial charge < -0.3 is 10.1 Å². The number of hydrogen-bond acceptors (Lipinski definition) is 4. The van der Waals surface area contributed by atoms with E-state index in [0.29, 0.717) is 22.1 Å². The lowest BCUT2D eigenvalue weighted by atomic mass is 10.2. The minimum absolute atomic E-state index is 0.0958. The Morgan fingerprint density at radius 1 is 1.21 bits per heavy atom. The first-order valence-electron chi connectivity index (χ1n) is 7.22. The van der Waals surface area contributed by atoms with Crippen molar-refractivity contribution in [1.29, 1.82) is 0 Å². The topological polar surface area (TPSA) is 58.6 Å². The van der Waals surface area contributed by atoms with E-state index in [-0.39, 0.29) is 18.2 Å². The number of nitrogens with zero attached hydrogens (tertiary/aromatic N) is 1. The number of amides is 2. The molecule has 1 N–H and O–H groups in total. The van der Waals surface area contributed by atoms with Crippen molar-refractivity contribution in [1.82, 2.24) is 0 Å². The SMILES string of the molecule is COc1ccc(N[C@H]2CC(=O)N(c3ccc(Br)cc3)C2=O)cc1Cl. The number of imide groups is 1. The van der Waals surface area contributed by atoms with E-state index in [0.717, 1.165) is 4.47 Å². The Morgan fingerprint density at radius 2 is 1.92 bits per heavy atom. The van der Waals surface area contributed by atoms with Crippen LogP contribution in [0.1, 0.15) is 6.42 Å². The molecule has 124 valence electrons. The number of carbonyl (C=O) groups excluding carboxylic acids is 2. The number of carbonyl (C=O) groups is 2. The molecule has 7 heteroatoms. The first-order chi connectivity index (χ1) is 11.5. The monoisotopic (exact) mass is 408 g/mol. The Hall–Kier alpha value is -2.05. The minimum Gasteiger partial charge on any atom is -0.495 e. The molecule has 0 aromatic heterocycles. The van der Waals surface area contributed by atoms with Crippen molar-refractivity contribution in [3.63, 3.8) is 0 Å². The second kappa shape index (κ2) is 6.83. The van der Waals surface area contributed by atoms with Crippen molar-refractivity contribution in [2.75, 3.05) is 17.3 Å². The molecule has 0 radical (unpaired) electrons. The number of nitrogens with one attached hydrogen (secondary N) is 1. The summed E-state index contributed by atoms with van der Waals surface area (Å²) in [5, 5.41) is 3.50. The van der Waals surface area contributed by atoms with E-state index in [4.69, 9.17) is 16.3 Å². The predicted molar refractivity (Wildman–Crippen MR) is 96.7 cm³/mol. The molecule has 1 saturated heterocycles. The largest absolute Gasteiger partial charge is 0.495 e. The Morgan fingerprint density at radius 3 is 2.54 bits per heavy atom. The van der Waals surface area contributed by atoms with Crippen molar-refractivity contribution >= 4 is 50.7 Å². The molecule has 2 aromatic rings. The van der Waals surface area contributed by atoms with Crippen LogP contribution in [0.4, 0.5) is 11.4 Å². The van der Waals surface area contributed by atoms with Crippen LogP contribution < -0.4 is 15.0 Å². The molecule has 1 atom stereocenters. The van der Waals surface area contributed by atoms with E-state index in [1.54, 1.807) is 42.5 Å². The zero-order valence-electron chi connectivity index (χ0n) is 12.8. The molecule has 1 heterocycles. The maximum atomic E-state index is 12.6. The molecule has 0 bridgehead atoms. The van der Waals surface area contributed by atoms with Gasteiger partial charge in [-0.2, -0.15) is 0 Å². The summed E-state index contributed by atoms with van der Waals surface area (Å²) in [5.41, 5.74) is 1.22. The van der Waals surface area contributed by atoms with Gasteiger partial charge in [-0.25, -0.2) is 4.90 Å². The molecule has 0 unspecified atom stereocenters.